The maximum atomic E-state index is 11.7. The van der Waals surface area contributed by atoms with Crippen LogP contribution < -0.4 is 4.74 Å². The van der Waals surface area contributed by atoms with Gasteiger partial charge in [0.2, 0.25) is 5.88 Å². The van der Waals surface area contributed by atoms with E-state index in [2.05, 4.69) is 10.2 Å². The highest BCUT2D eigenvalue weighted by molar-refractivity contribution is 6.34. The van der Waals surface area contributed by atoms with Crippen LogP contribution in [0.4, 0.5) is 0 Å². The summed E-state index contributed by atoms with van der Waals surface area (Å²) in [7, 11) is 0. The van der Waals surface area contributed by atoms with Crippen LogP contribution in [-0.2, 0) is 11.3 Å². The van der Waals surface area contributed by atoms with Crippen LogP contribution in [-0.4, -0.2) is 27.9 Å². The summed E-state index contributed by atoms with van der Waals surface area (Å²) in [5, 5.41) is 16.5. The minimum Gasteiger partial charge on any atom is -0.461 e. The van der Waals surface area contributed by atoms with E-state index in [4.69, 9.17) is 32.7 Å². The maximum absolute atomic E-state index is 11.7. The van der Waals surface area contributed by atoms with Crippen LogP contribution in [0.1, 0.15) is 23.0 Å². The number of hydrogen-bond donors (Lipinski definition) is 2. The van der Waals surface area contributed by atoms with E-state index in [-0.39, 0.29) is 23.7 Å². The Morgan fingerprint density at radius 2 is 2.00 bits per heavy atom. The molecule has 0 bridgehead atoms. The van der Waals surface area contributed by atoms with Gasteiger partial charge < -0.3 is 14.6 Å². The van der Waals surface area contributed by atoms with E-state index in [0.717, 1.165) is 0 Å². The molecule has 0 saturated heterocycles. The van der Waals surface area contributed by atoms with E-state index < -0.39 is 12.6 Å². The average molecular weight is 331 g/mol. The van der Waals surface area contributed by atoms with Gasteiger partial charge in [-0.1, -0.05) is 23.2 Å². The highest BCUT2D eigenvalue weighted by atomic mass is 35.5. The second kappa shape index (κ2) is 6.80. The van der Waals surface area contributed by atoms with E-state index in [1.807, 2.05) is 0 Å². The SMILES string of the molecule is CCOC(=O)c1n[nH]c(Oc2cc(Cl)cc(Cl)c2)c1CO. The Morgan fingerprint density at radius 1 is 1.33 bits per heavy atom. The molecule has 0 aliphatic carbocycles. The van der Waals surface area contributed by atoms with Crippen molar-refractivity contribution >= 4 is 29.2 Å². The van der Waals surface area contributed by atoms with Crippen LogP contribution in [0, 0.1) is 0 Å². The van der Waals surface area contributed by atoms with Gasteiger partial charge in [0, 0.05) is 10.0 Å². The maximum Gasteiger partial charge on any atom is 0.359 e. The molecule has 0 spiro atoms. The molecule has 21 heavy (non-hydrogen) atoms. The number of ether oxygens (including phenoxy) is 2. The van der Waals surface area contributed by atoms with Crippen molar-refractivity contribution in [3.63, 3.8) is 0 Å². The van der Waals surface area contributed by atoms with Gasteiger partial charge in [-0.2, -0.15) is 5.10 Å². The second-order valence-corrected chi connectivity index (χ2v) is 4.84. The summed E-state index contributed by atoms with van der Waals surface area (Å²) in [6, 6.07) is 4.64. The molecule has 1 aromatic carbocycles. The van der Waals surface area contributed by atoms with Crippen LogP contribution >= 0.6 is 23.2 Å². The largest absolute Gasteiger partial charge is 0.461 e. The molecule has 2 aromatic rings. The smallest absolute Gasteiger partial charge is 0.359 e. The van der Waals surface area contributed by atoms with Crippen molar-refractivity contribution in [2.75, 3.05) is 6.61 Å². The van der Waals surface area contributed by atoms with Crippen LogP contribution in [0.15, 0.2) is 18.2 Å². The fraction of sp³-hybridized carbons (Fsp3) is 0.231. The zero-order valence-electron chi connectivity index (χ0n) is 11.0. The Hall–Kier alpha value is -1.76. The van der Waals surface area contributed by atoms with Crippen molar-refractivity contribution in [3.05, 3.63) is 39.5 Å². The highest BCUT2D eigenvalue weighted by Crippen LogP contribution is 2.30. The minimum atomic E-state index is -0.642. The van der Waals surface area contributed by atoms with Crippen molar-refractivity contribution in [1.29, 1.82) is 0 Å². The molecule has 0 radical (unpaired) electrons. The summed E-state index contributed by atoms with van der Waals surface area (Å²) in [6.45, 7) is 1.44. The van der Waals surface area contributed by atoms with Crippen LogP contribution in [0.3, 0.4) is 0 Å². The zero-order valence-corrected chi connectivity index (χ0v) is 12.5. The molecule has 0 aliphatic heterocycles. The number of H-pyrrole nitrogens is 1. The number of nitrogens with one attached hydrogen (secondary N) is 1. The normalized spacial score (nSPS) is 10.5. The lowest BCUT2D eigenvalue weighted by Crippen LogP contribution is -2.08. The van der Waals surface area contributed by atoms with Crippen LogP contribution in [0.25, 0.3) is 0 Å². The molecular weight excluding hydrogens is 319 g/mol. The molecule has 0 amide bonds. The van der Waals surface area contributed by atoms with Crippen LogP contribution in [0.5, 0.6) is 11.6 Å². The van der Waals surface area contributed by atoms with Gasteiger partial charge in [-0.05, 0) is 25.1 Å². The summed E-state index contributed by atoms with van der Waals surface area (Å²) >= 11 is 11.7. The van der Waals surface area contributed by atoms with Gasteiger partial charge in [0.15, 0.2) is 5.69 Å². The fourth-order valence-corrected chi connectivity index (χ4v) is 2.16. The van der Waals surface area contributed by atoms with Gasteiger partial charge in [-0.3, -0.25) is 0 Å². The van der Waals surface area contributed by atoms with Gasteiger partial charge in [-0.25, -0.2) is 9.89 Å². The van der Waals surface area contributed by atoms with Crippen molar-refractivity contribution < 1.29 is 19.4 Å². The van der Waals surface area contributed by atoms with Gasteiger partial charge in [0.1, 0.15) is 5.75 Å². The minimum absolute atomic E-state index is 0.0255. The number of aromatic amines is 1. The summed E-state index contributed by atoms with van der Waals surface area (Å²) in [4.78, 5) is 11.7. The molecule has 0 unspecified atom stereocenters. The molecule has 2 rings (SSSR count). The molecule has 1 heterocycles. The number of halogens is 2. The molecule has 0 aliphatic rings. The number of aliphatic hydroxyl groups is 1. The van der Waals surface area contributed by atoms with E-state index in [0.29, 0.717) is 15.8 Å². The lowest BCUT2D eigenvalue weighted by atomic mass is 10.2. The topological polar surface area (TPSA) is 84.4 Å². The number of aromatic nitrogens is 2. The number of esters is 1. The Bertz CT molecular complexity index is 637. The highest BCUT2D eigenvalue weighted by Gasteiger charge is 2.21. The lowest BCUT2D eigenvalue weighted by molar-refractivity contribution is 0.0515. The Kier molecular flexibility index (Phi) is 5.06. The van der Waals surface area contributed by atoms with Crippen molar-refractivity contribution in [1.82, 2.24) is 10.2 Å². The zero-order chi connectivity index (χ0) is 15.4. The third-order valence-electron chi connectivity index (χ3n) is 2.51. The summed E-state index contributed by atoms with van der Waals surface area (Å²) in [5.74, 6) is -0.170. The van der Waals surface area contributed by atoms with E-state index >= 15 is 0 Å². The van der Waals surface area contributed by atoms with Gasteiger partial charge in [0.05, 0.1) is 18.8 Å². The van der Waals surface area contributed by atoms with Gasteiger partial charge in [0.25, 0.3) is 0 Å². The first kappa shape index (κ1) is 15.6. The quantitative estimate of drug-likeness (QED) is 0.822. The Balaban J connectivity index is 2.30. The van der Waals surface area contributed by atoms with Gasteiger partial charge >= 0.3 is 5.97 Å². The van der Waals surface area contributed by atoms with Crippen molar-refractivity contribution in [2.45, 2.75) is 13.5 Å². The first-order chi connectivity index (χ1) is 10.0. The third-order valence-corrected chi connectivity index (χ3v) is 2.95. The molecular formula is C13H12Cl2N2O4. The number of rotatable bonds is 5. The number of nitrogens with zero attached hydrogens (tertiary/aromatic N) is 1. The molecule has 112 valence electrons. The molecule has 6 nitrogen and oxygen atoms in total. The summed E-state index contributed by atoms with van der Waals surface area (Å²) in [6.07, 6.45) is 0. The predicted octanol–water partition coefficient (Wildman–Crippen LogP) is 3.18. The third kappa shape index (κ3) is 3.66. The van der Waals surface area contributed by atoms with Crippen molar-refractivity contribution in [2.24, 2.45) is 0 Å². The number of hydrogen-bond acceptors (Lipinski definition) is 5. The molecule has 2 N–H and O–H groups in total. The molecule has 0 fully saturated rings. The molecule has 0 atom stereocenters. The lowest BCUT2D eigenvalue weighted by Gasteiger charge is -2.06. The van der Waals surface area contributed by atoms with Gasteiger partial charge in [-0.15, -0.1) is 0 Å². The standard InChI is InChI=1S/C13H12Cl2N2O4/c1-2-20-13(19)11-10(6-18)12(17-16-11)21-9-4-7(14)3-8(15)5-9/h3-5,18H,2,6H2,1H3,(H,16,17). The van der Waals surface area contributed by atoms with Crippen molar-refractivity contribution in [3.8, 4) is 11.6 Å². The van der Waals surface area contributed by atoms with E-state index in [1.54, 1.807) is 25.1 Å². The number of carbonyl (C=O) groups is 1. The Labute approximate surface area is 130 Å². The predicted molar refractivity (Wildman–Crippen MR) is 77.0 cm³/mol. The summed E-state index contributed by atoms with van der Waals surface area (Å²) < 4.78 is 10.4. The number of benzene rings is 1. The first-order valence-electron chi connectivity index (χ1n) is 6.04. The first-order valence-corrected chi connectivity index (χ1v) is 6.80. The fourth-order valence-electron chi connectivity index (χ4n) is 1.65. The van der Waals surface area contributed by atoms with E-state index in [9.17, 15) is 9.90 Å². The monoisotopic (exact) mass is 330 g/mol. The average Bonchev–Trinajstić information content (AvgIpc) is 2.80. The number of aliphatic hydroxyl groups excluding tert-OH is 1. The summed E-state index contributed by atoms with van der Waals surface area (Å²) in [5.41, 5.74) is 0.173. The molecule has 8 heteroatoms. The molecule has 0 saturated carbocycles. The van der Waals surface area contributed by atoms with E-state index in [1.165, 1.54) is 0 Å². The Morgan fingerprint density at radius 3 is 2.57 bits per heavy atom. The molecule has 1 aromatic heterocycles. The van der Waals surface area contributed by atoms with Crippen LogP contribution in [0.2, 0.25) is 10.0 Å². The second-order valence-electron chi connectivity index (χ2n) is 3.97. The number of carbonyl (C=O) groups excluding carboxylic acids is 1.